The summed E-state index contributed by atoms with van der Waals surface area (Å²) in [6, 6.07) is 6.82. The van der Waals surface area contributed by atoms with Crippen LogP contribution in [0.2, 0.25) is 0 Å². The van der Waals surface area contributed by atoms with Crippen molar-refractivity contribution in [1.82, 2.24) is 4.90 Å². The van der Waals surface area contributed by atoms with Gasteiger partial charge in [-0.2, -0.15) is 0 Å². The van der Waals surface area contributed by atoms with Crippen LogP contribution in [-0.4, -0.2) is 62.5 Å². The van der Waals surface area contributed by atoms with Crippen molar-refractivity contribution in [3.63, 3.8) is 0 Å². The molecule has 2 heterocycles. The highest BCUT2D eigenvalue weighted by Gasteiger charge is 2.34. The van der Waals surface area contributed by atoms with Crippen molar-refractivity contribution in [3.05, 3.63) is 35.6 Å². The maximum Gasteiger partial charge on any atom is 0.375 e. The highest BCUT2D eigenvalue weighted by Crippen LogP contribution is 2.27. The van der Waals surface area contributed by atoms with E-state index in [4.69, 9.17) is 13.9 Å². The molecule has 1 aromatic heterocycles. The average Bonchev–Trinajstić information content (AvgIpc) is 3.25. The van der Waals surface area contributed by atoms with Gasteiger partial charge in [0.2, 0.25) is 5.76 Å². The SMILES string of the molecule is CCOCc1c(C(=O)OCC(=O)N(CC)[C@H]2CCS(=O)(=O)C2)oc2ccccc12. The largest absolute Gasteiger partial charge is 0.450 e. The molecule has 0 bridgehead atoms. The number of rotatable bonds is 8. The number of esters is 1. The fourth-order valence-electron chi connectivity index (χ4n) is 3.55. The number of likely N-dealkylation sites (N-methyl/N-ethyl adjacent to an activating group) is 1. The van der Waals surface area contributed by atoms with Crippen LogP contribution in [0, 0.1) is 0 Å². The first-order valence-corrected chi connectivity index (χ1v) is 11.4. The molecule has 1 atom stereocenters. The number of hydrogen-bond acceptors (Lipinski definition) is 7. The summed E-state index contributed by atoms with van der Waals surface area (Å²) in [5.74, 6) is -1.15. The van der Waals surface area contributed by atoms with E-state index in [0.717, 1.165) is 5.39 Å². The first-order valence-electron chi connectivity index (χ1n) is 9.61. The molecule has 29 heavy (non-hydrogen) atoms. The molecule has 0 unspecified atom stereocenters. The molecule has 8 nitrogen and oxygen atoms in total. The number of carbonyl (C=O) groups excluding carboxylic acids is 2. The van der Waals surface area contributed by atoms with Gasteiger partial charge in [-0.05, 0) is 26.3 Å². The number of hydrogen-bond donors (Lipinski definition) is 0. The normalized spacial score (nSPS) is 18.1. The van der Waals surface area contributed by atoms with E-state index in [1.54, 1.807) is 19.1 Å². The van der Waals surface area contributed by atoms with Crippen molar-refractivity contribution in [2.75, 3.05) is 31.3 Å². The second-order valence-corrected chi connectivity index (χ2v) is 9.08. The van der Waals surface area contributed by atoms with Gasteiger partial charge >= 0.3 is 5.97 Å². The predicted molar refractivity (Wildman–Crippen MR) is 106 cm³/mol. The second kappa shape index (κ2) is 8.96. The first kappa shape index (κ1) is 21.3. The van der Waals surface area contributed by atoms with Crippen LogP contribution in [0.25, 0.3) is 11.0 Å². The Balaban J connectivity index is 1.71. The minimum Gasteiger partial charge on any atom is -0.450 e. The molecule has 1 fully saturated rings. The molecule has 0 spiro atoms. The van der Waals surface area contributed by atoms with Crippen molar-refractivity contribution in [3.8, 4) is 0 Å². The number of fused-ring (bicyclic) bond motifs is 1. The summed E-state index contributed by atoms with van der Waals surface area (Å²) in [7, 11) is -3.12. The van der Waals surface area contributed by atoms with Crippen molar-refractivity contribution in [2.45, 2.75) is 32.9 Å². The van der Waals surface area contributed by atoms with E-state index in [1.807, 2.05) is 19.1 Å². The van der Waals surface area contributed by atoms with Gasteiger partial charge in [-0.15, -0.1) is 0 Å². The zero-order chi connectivity index (χ0) is 21.0. The first-order chi connectivity index (χ1) is 13.9. The monoisotopic (exact) mass is 423 g/mol. The molecule has 0 radical (unpaired) electrons. The van der Waals surface area contributed by atoms with E-state index in [0.29, 0.717) is 30.7 Å². The molecule has 158 valence electrons. The minimum absolute atomic E-state index is 0.0129. The van der Waals surface area contributed by atoms with Gasteiger partial charge in [-0.25, -0.2) is 13.2 Å². The number of ether oxygens (including phenoxy) is 2. The molecule has 3 rings (SSSR count). The predicted octanol–water partition coefficient (Wildman–Crippen LogP) is 2.16. The molecular weight excluding hydrogens is 398 g/mol. The van der Waals surface area contributed by atoms with Gasteiger partial charge in [-0.3, -0.25) is 4.79 Å². The quantitative estimate of drug-likeness (QED) is 0.600. The van der Waals surface area contributed by atoms with Crippen molar-refractivity contribution in [1.29, 1.82) is 0 Å². The Morgan fingerprint density at radius 3 is 2.66 bits per heavy atom. The zero-order valence-electron chi connectivity index (χ0n) is 16.5. The van der Waals surface area contributed by atoms with Crippen LogP contribution in [0.15, 0.2) is 28.7 Å². The van der Waals surface area contributed by atoms with Gasteiger partial charge in [0.15, 0.2) is 16.4 Å². The summed E-state index contributed by atoms with van der Waals surface area (Å²) in [5.41, 5.74) is 1.11. The number of furan rings is 1. The fraction of sp³-hybridized carbons (Fsp3) is 0.500. The smallest absolute Gasteiger partial charge is 0.375 e. The summed E-state index contributed by atoms with van der Waals surface area (Å²) in [6.07, 6.45) is 0.401. The summed E-state index contributed by atoms with van der Waals surface area (Å²) < 4.78 is 39.7. The third-order valence-corrected chi connectivity index (χ3v) is 6.72. The summed E-state index contributed by atoms with van der Waals surface area (Å²) in [6.45, 7) is 4.14. The Kier molecular flexibility index (Phi) is 6.59. The number of sulfone groups is 1. The third kappa shape index (κ3) is 4.79. The Hall–Kier alpha value is -2.39. The maximum absolute atomic E-state index is 12.6. The molecule has 2 aromatic rings. The highest BCUT2D eigenvalue weighted by molar-refractivity contribution is 7.91. The lowest BCUT2D eigenvalue weighted by atomic mass is 10.1. The van der Waals surface area contributed by atoms with Gasteiger partial charge in [-0.1, -0.05) is 18.2 Å². The molecule has 0 aliphatic carbocycles. The Morgan fingerprint density at radius 2 is 2.00 bits per heavy atom. The average molecular weight is 423 g/mol. The summed E-state index contributed by atoms with van der Waals surface area (Å²) in [5, 5.41) is 0.755. The number of para-hydroxylation sites is 1. The van der Waals surface area contributed by atoms with Gasteiger partial charge in [0, 0.05) is 30.1 Å². The Morgan fingerprint density at radius 1 is 1.24 bits per heavy atom. The standard InChI is InChI=1S/C20H25NO7S/c1-3-21(14-9-10-29(24,25)13-14)18(22)12-27-20(23)19-16(11-26-4-2)15-7-5-6-8-17(15)28-19/h5-8,14H,3-4,9-13H2,1-2H3/t14-/m0/s1. The molecule has 9 heteroatoms. The van der Waals surface area contributed by atoms with Gasteiger partial charge < -0.3 is 18.8 Å². The topological polar surface area (TPSA) is 103 Å². The molecule has 1 amide bonds. The lowest BCUT2D eigenvalue weighted by Gasteiger charge is -2.26. The van der Waals surface area contributed by atoms with Crippen molar-refractivity contribution in [2.24, 2.45) is 0 Å². The Labute approximate surface area is 169 Å². The van der Waals surface area contributed by atoms with Gasteiger partial charge in [0.05, 0.1) is 18.1 Å². The van der Waals surface area contributed by atoms with Crippen LogP contribution in [0.4, 0.5) is 0 Å². The van der Waals surface area contributed by atoms with Crippen LogP contribution in [0.5, 0.6) is 0 Å². The summed E-state index contributed by atoms with van der Waals surface area (Å²) in [4.78, 5) is 26.6. The second-order valence-electron chi connectivity index (χ2n) is 6.86. The van der Waals surface area contributed by atoms with Crippen LogP contribution in [0.1, 0.15) is 36.4 Å². The number of amides is 1. The lowest BCUT2D eigenvalue weighted by molar-refractivity contribution is -0.136. The van der Waals surface area contributed by atoms with E-state index in [-0.39, 0.29) is 29.9 Å². The lowest BCUT2D eigenvalue weighted by Crippen LogP contribution is -2.43. The van der Waals surface area contributed by atoms with Crippen LogP contribution in [-0.2, 0) is 30.7 Å². The molecule has 0 N–H and O–H groups in total. The highest BCUT2D eigenvalue weighted by atomic mass is 32.2. The van der Waals surface area contributed by atoms with Crippen LogP contribution in [0.3, 0.4) is 0 Å². The Bertz CT molecular complexity index is 995. The molecule has 1 aliphatic heterocycles. The maximum atomic E-state index is 12.6. The molecule has 1 saturated heterocycles. The number of benzene rings is 1. The molecule has 0 saturated carbocycles. The zero-order valence-corrected chi connectivity index (χ0v) is 17.4. The van der Waals surface area contributed by atoms with E-state index in [1.165, 1.54) is 4.90 Å². The molecule has 1 aromatic carbocycles. The summed E-state index contributed by atoms with van der Waals surface area (Å²) >= 11 is 0. The number of nitrogens with zero attached hydrogens (tertiary/aromatic N) is 1. The van der Waals surface area contributed by atoms with E-state index < -0.39 is 28.3 Å². The minimum atomic E-state index is -3.12. The molecule has 1 aliphatic rings. The van der Waals surface area contributed by atoms with Crippen LogP contribution >= 0.6 is 0 Å². The fourth-order valence-corrected chi connectivity index (χ4v) is 5.28. The third-order valence-electron chi connectivity index (χ3n) is 4.97. The van der Waals surface area contributed by atoms with Crippen molar-refractivity contribution < 1.29 is 31.9 Å². The van der Waals surface area contributed by atoms with E-state index >= 15 is 0 Å². The van der Waals surface area contributed by atoms with E-state index in [9.17, 15) is 18.0 Å². The van der Waals surface area contributed by atoms with E-state index in [2.05, 4.69) is 0 Å². The van der Waals surface area contributed by atoms with Crippen molar-refractivity contribution >= 4 is 32.7 Å². The van der Waals surface area contributed by atoms with Crippen LogP contribution < -0.4 is 0 Å². The van der Waals surface area contributed by atoms with Gasteiger partial charge in [0.1, 0.15) is 5.58 Å². The van der Waals surface area contributed by atoms with Gasteiger partial charge in [0.25, 0.3) is 5.91 Å². The number of carbonyl (C=O) groups is 2. The molecular formula is C20H25NO7S.